The lowest BCUT2D eigenvalue weighted by Gasteiger charge is -2.27. The van der Waals surface area contributed by atoms with Crippen LogP contribution >= 0.6 is 23.1 Å². The van der Waals surface area contributed by atoms with Crippen molar-refractivity contribution in [2.45, 2.75) is 35.3 Å². The van der Waals surface area contributed by atoms with Gasteiger partial charge in [-0.25, -0.2) is 8.78 Å². The summed E-state index contributed by atoms with van der Waals surface area (Å²) in [7, 11) is 0. The Morgan fingerprint density at radius 2 is 2.00 bits per heavy atom. The largest absolute Gasteiger partial charge is 0.309 e. The predicted octanol–water partition coefficient (Wildman–Crippen LogP) is 4.78. The molecule has 112 valence electrons. The monoisotopic (exact) mass is 325 g/mol. The lowest BCUT2D eigenvalue weighted by molar-refractivity contribution is 0.491. The highest BCUT2D eigenvalue weighted by Crippen LogP contribution is 2.43. The minimum atomic E-state index is -0.507. The standard InChI is InChI=1S/C16H17F2NS2/c1-10-6-15(14-3-5-20-16(14)21-10)19-4-2-11-7-12(17)9-13(18)8-11/h3,5,7-10,15,19H,2,4,6H2,1H3/t10-,15?/m0/s1. The molecule has 2 heterocycles. The molecule has 1 nitrogen and oxygen atoms in total. The summed E-state index contributed by atoms with van der Waals surface area (Å²) < 4.78 is 27.7. The molecule has 0 aliphatic carbocycles. The van der Waals surface area contributed by atoms with E-state index < -0.39 is 11.6 Å². The van der Waals surface area contributed by atoms with Gasteiger partial charge in [-0.2, -0.15) is 0 Å². The number of halogens is 2. The first-order valence-electron chi connectivity index (χ1n) is 7.04. The number of thiophene rings is 1. The van der Waals surface area contributed by atoms with Crippen molar-refractivity contribution in [1.29, 1.82) is 0 Å². The highest BCUT2D eigenvalue weighted by Gasteiger charge is 2.25. The van der Waals surface area contributed by atoms with Gasteiger partial charge in [0.25, 0.3) is 0 Å². The summed E-state index contributed by atoms with van der Waals surface area (Å²) >= 11 is 3.73. The number of rotatable bonds is 4. The Hall–Kier alpha value is -0.910. The third kappa shape index (κ3) is 3.65. The fourth-order valence-corrected chi connectivity index (χ4v) is 5.26. The van der Waals surface area contributed by atoms with E-state index in [0.717, 1.165) is 19.0 Å². The first-order chi connectivity index (χ1) is 10.1. The van der Waals surface area contributed by atoms with Crippen LogP contribution in [0, 0.1) is 11.6 Å². The fourth-order valence-electron chi connectivity index (χ4n) is 2.69. The molecule has 1 aromatic carbocycles. The van der Waals surface area contributed by atoms with Crippen molar-refractivity contribution in [3.8, 4) is 0 Å². The molecule has 0 saturated carbocycles. The topological polar surface area (TPSA) is 12.0 Å². The lowest BCUT2D eigenvalue weighted by atomic mass is 10.0. The zero-order valence-corrected chi connectivity index (χ0v) is 13.4. The number of benzene rings is 1. The number of nitrogens with one attached hydrogen (secondary N) is 1. The van der Waals surface area contributed by atoms with Gasteiger partial charge in [-0.05, 0) is 54.1 Å². The molecule has 5 heteroatoms. The van der Waals surface area contributed by atoms with Gasteiger partial charge in [-0.15, -0.1) is 23.1 Å². The fraction of sp³-hybridized carbons (Fsp3) is 0.375. The SMILES string of the molecule is C[C@H]1CC(NCCc2cc(F)cc(F)c2)c2ccsc2S1. The first kappa shape index (κ1) is 15.0. The van der Waals surface area contributed by atoms with Crippen molar-refractivity contribution >= 4 is 23.1 Å². The Balaban J connectivity index is 1.61. The second kappa shape index (κ2) is 6.46. The quantitative estimate of drug-likeness (QED) is 0.868. The second-order valence-electron chi connectivity index (χ2n) is 5.36. The van der Waals surface area contributed by atoms with E-state index in [9.17, 15) is 8.78 Å². The van der Waals surface area contributed by atoms with Crippen LogP contribution in [-0.4, -0.2) is 11.8 Å². The van der Waals surface area contributed by atoms with Gasteiger partial charge >= 0.3 is 0 Å². The van der Waals surface area contributed by atoms with E-state index in [2.05, 4.69) is 23.7 Å². The molecule has 0 radical (unpaired) electrons. The Morgan fingerprint density at radius 1 is 1.24 bits per heavy atom. The van der Waals surface area contributed by atoms with E-state index in [1.54, 1.807) is 11.3 Å². The molecule has 1 N–H and O–H groups in total. The van der Waals surface area contributed by atoms with Crippen LogP contribution < -0.4 is 5.32 Å². The average Bonchev–Trinajstić information content (AvgIpc) is 2.85. The van der Waals surface area contributed by atoms with Gasteiger partial charge < -0.3 is 5.32 Å². The van der Waals surface area contributed by atoms with Gasteiger partial charge in [0.2, 0.25) is 0 Å². The second-order valence-corrected chi connectivity index (χ2v) is 7.99. The van der Waals surface area contributed by atoms with Gasteiger partial charge in [-0.1, -0.05) is 6.92 Å². The summed E-state index contributed by atoms with van der Waals surface area (Å²) in [6, 6.07) is 6.24. The minimum absolute atomic E-state index is 0.348. The Labute approximate surface area is 131 Å². The van der Waals surface area contributed by atoms with Crippen LogP contribution in [0.1, 0.15) is 30.5 Å². The third-order valence-electron chi connectivity index (χ3n) is 3.64. The summed E-state index contributed by atoms with van der Waals surface area (Å²) in [5.74, 6) is -1.01. The molecule has 1 unspecified atom stereocenters. The van der Waals surface area contributed by atoms with Crippen molar-refractivity contribution in [1.82, 2.24) is 5.32 Å². The molecule has 1 aliphatic rings. The van der Waals surface area contributed by atoms with Gasteiger partial charge in [0, 0.05) is 17.4 Å². The summed E-state index contributed by atoms with van der Waals surface area (Å²) in [5.41, 5.74) is 2.07. The summed E-state index contributed by atoms with van der Waals surface area (Å²) in [5, 5.41) is 6.26. The summed E-state index contributed by atoms with van der Waals surface area (Å²) in [6.45, 7) is 2.96. The maximum absolute atomic E-state index is 13.2. The highest BCUT2D eigenvalue weighted by molar-refractivity contribution is 8.01. The minimum Gasteiger partial charge on any atom is -0.309 e. The maximum Gasteiger partial charge on any atom is 0.126 e. The van der Waals surface area contributed by atoms with Gasteiger partial charge in [-0.3, -0.25) is 0 Å². The van der Waals surface area contributed by atoms with Gasteiger partial charge in [0.1, 0.15) is 11.6 Å². The number of hydrogen-bond acceptors (Lipinski definition) is 3. The Morgan fingerprint density at radius 3 is 2.76 bits per heavy atom. The molecule has 0 amide bonds. The van der Waals surface area contributed by atoms with Crippen molar-refractivity contribution in [3.05, 3.63) is 52.4 Å². The zero-order chi connectivity index (χ0) is 14.8. The number of thioether (sulfide) groups is 1. The normalized spacial score (nSPS) is 21.3. The molecule has 21 heavy (non-hydrogen) atoms. The molecule has 0 fully saturated rings. The smallest absolute Gasteiger partial charge is 0.126 e. The molecular formula is C16H17F2NS2. The van der Waals surface area contributed by atoms with E-state index in [1.165, 1.54) is 21.9 Å². The molecule has 3 rings (SSSR count). The number of fused-ring (bicyclic) bond motifs is 1. The Kier molecular flexibility index (Phi) is 4.62. The zero-order valence-electron chi connectivity index (χ0n) is 11.7. The molecule has 0 spiro atoms. The summed E-state index contributed by atoms with van der Waals surface area (Å²) in [6.07, 6.45) is 1.72. The predicted molar refractivity (Wildman–Crippen MR) is 85.1 cm³/mol. The van der Waals surface area contributed by atoms with Crippen LogP contribution in [0.5, 0.6) is 0 Å². The molecule has 2 atom stereocenters. The molecule has 1 aliphatic heterocycles. The van der Waals surface area contributed by atoms with Gasteiger partial charge in [0.15, 0.2) is 0 Å². The molecule has 1 aromatic heterocycles. The lowest BCUT2D eigenvalue weighted by Crippen LogP contribution is -2.28. The van der Waals surface area contributed by atoms with Crippen LogP contribution in [0.4, 0.5) is 8.78 Å². The van der Waals surface area contributed by atoms with E-state index in [-0.39, 0.29) is 0 Å². The van der Waals surface area contributed by atoms with Crippen LogP contribution in [0.15, 0.2) is 33.9 Å². The van der Waals surface area contributed by atoms with E-state index >= 15 is 0 Å². The highest BCUT2D eigenvalue weighted by atomic mass is 32.2. The number of hydrogen-bond donors (Lipinski definition) is 1. The van der Waals surface area contributed by atoms with E-state index in [1.807, 2.05) is 11.8 Å². The van der Waals surface area contributed by atoms with E-state index in [4.69, 9.17) is 0 Å². The average molecular weight is 325 g/mol. The Bertz CT molecular complexity index is 606. The van der Waals surface area contributed by atoms with Crippen molar-refractivity contribution < 1.29 is 8.78 Å². The van der Waals surface area contributed by atoms with Crippen LogP contribution in [0.3, 0.4) is 0 Å². The van der Waals surface area contributed by atoms with Crippen LogP contribution in [-0.2, 0) is 6.42 Å². The van der Waals surface area contributed by atoms with Crippen LogP contribution in [0.25, 0.3) is 0 Å². The van der Waals surface area contributed by atoms with Crippen molar-refractivity contribution in [3.63, 3.8) is 0 Å². The van der Waals surface area contributed by atoms with Crippen LogP contribution in [0.2, 0.25) is 0 Å². The first-order valence-corrected chi connectivity index (χ1v) is 8.80. The summed E-state index contributed by atoms with van der Waals surface area (Å²) in [4.78, 5) is 0. The van der Waals surface area contributed by atoms with Crippen molar-refractivity contribution in [2.75, 3.05) is 6.54 Å². The van der Waals surface area contributed by atoms with Crippen molar-refractivity contribution in [2.24, 2.45) is 0 Å². The molecular weight excluding hydrogens is 308 g/mol. The molecule has 0 saturated heterocycles. The van der Waals surface area contributed by atoms with E-state index in [0.29, 0.717) is 23.3 Å². The molecule has 0 bridgehead atoms. The third-order valence-corrected chi connectivity index (χ3v) is 5.98. The maximum atomic E-state index is 13.2. The van der Waals surface area contributed by atoms with Gasteiger partial charge in [0.05, 0.1) is 4.21 Å². The molecule has 2 aromatic rings.